The lowest BCUT2D eigenvalue weighted by atomic mass is 9.88. The molecule has 0 unspecified atom stereocenters. The Hall–Kier alpha value is -5.30. The lowest BCUT2D eigenvalue weighted by Gasteiger charge is -2.31. The van der Waals surface area contributed by atoms with Crippen LogP contribution in [0.5, 0.6) is 0 Å². The molecule has 58 heavy (non-hydrogen) atoms. The van der Waals surface area contributed by atoms with Crippen molar-refractivity contribution in [2.45, 2.75) is 113 Å². The van der Waals surface area contributed by atoms with Crippen molar-refractivity contribution in [3.8, 4) is 23.1 Å². The van der Waals surface area contributed by atoms with Gasteiger partial charge in [0.25, 0.3) is 0 Å². The second kappa shape index (κ2) is 16.9. The zero-order valence-corrected chi connectivity index (χ0v) is 35.9. The van der Waals surface area contributed by atoms with E-state index in [1.54, 1.807) is 6.92 Å². The quantitative estimate of drug-likeness (QED) is 0.191. The number of rotatable bonds is 11. The molecule has 3 aliphatic rings. The lowest BCUT2D eigenvalue weighted by Crippen LogP contribution is -2.51. The highest BCUT2D eigenvalue weighted by atomic mass is 16.2. The van der Waals surface area contributed by atoms with Crippen LogP contribution in [0.4, 0.5) is 0 Å². The van der Waals surface area contributed by atoms with E-state index in [2.05, 4.69) is 62.0 Å². The third kappa shape index (κ3) is 9.69. The van der Waals surface area contributed by atoms with Crippen LogP contribution in [0.25, 0.3) is 16.8 Å². The van der Waals surface area contributed by atoms with Crippen molar-refractivity contribution in [3.05, 3.63) is 83.4 Å². The number of ketones is 1. The van der Waals surface area contributed by atoms with Gasteiger partial charge in [-0.05, 0) is 83.4 Å². The van der Waals surface area contributed by atoms with Crippen LogP contribution in [0, 0.1) is 40.4 Å². The van der Waals surface area contributed by atoms with Gasteiger partial charge in [-0.3, -0.25) is 19.4 Å². The Morgan fingerprint density at radius 2 is 1.34 bits per heavy atom. The number of hydrogen-bond donors (Lipinski definition) is 2. The lowest BCUT2D eigenvalue weighted by molar-refractivity contribution is -0.139. The van der Waals surface area contributed by atoms with Crippen LogP contribution < -0.4 is 5.32 Å². The van der Waals surface area contributed by atoms with Crippen molar-refractivity contribution < 1.29 is 19.2 Å². The number of nitrogens with one attached hydrogen (secondary N) is 2. The van der Waals surface area contributed by atoms with E-state index in [1.165, 1.54) is 6.92 Å². The van der Waals surface area contributed by atoms with Crippen molar-refractivity contribution in [3.63, 3.8) is 0 Å². The minimum absolute atomic E-state index is 0.0287. The van der Waals surface area contributed by atoms with Crippen LogP contribution in [0.15, 0.2) is 65.9 Å². The van der Waals surface area contributed by atoms with E-state index in [0.29, 0.717) is 19.5 Å². The second-order valence-electron chi connectivity index (χ2n) is 18.9. The number of carbonyl (C=O) groups is 4. The highest BCUT2D eigenvalue weighted by molar-refractivity contribution is 6.03. The van der Waals surface area contributed by atoms with E-state index >= 15 is 0 Å². The van der Waals surface area contributed by atoms with Gasteiger partial charge >= 0.3 is 0 Å². The molecule has 0 radical (unpaired) electrons. The largest absolute Gasteiger partial charge is 0.344 e. The van der Waals surface area contributed by atoms with Crippen molar-refractivity contribution in [2.75, 3.05) is 13.1 Å². The molecule has 0 saturated carbocycles. The zero-order chi connectivity index (χ0) is 42.1. The summed E-state index contributed by atoms with van der Waals surface area (Å²) < 4.78 is 0. The summed E-state index contributed by atoms with van der Waals surface area (Å²) in [5, 5.41) is 2.86. The van der Waals surface area contributed by atoms with E-state index < -0.39 is 6.04 Å². The van der Waals surface area contributed by atoms with Gasteiger partial charge in [-0.15, -0.1) is 0 Å². The molecule has 3 aromatic rings. The number of carbonyl (C=O) groups excluding carboxylic acids is 4. The van der Waals surface area contributed by atoms with Crippen LogP contribution in [-0.4, -0.2) is 74.2 Å². The van der Waals surface area contributed by atoms with Crippen molar-refractivity contribution in [1.82, 2.24) is 25.1 Å². The van der Waals surface area contributed by atoms with Gasteiger partial charge < -0.3 is 24.9 Å². The summed E-state index contributed by atoms with van der Waals surface area (Å²) in [6.07, 6.45) is 6.32. The van der Waals surface area contributed by atoms with Gasteiger partial charge in [0.2, 0.25) is 17.7 Å². The first-order valence-electron chi connectivity index (χ1n) is 20.7. The van der Waals surface area contributed by atoms with Crippen LogP contribution >= 0.6 is 0 Å². The zero-order valence-electron chi connectivity index (χ0n) is 35.9. The number of Topliss-reactive ketones (excluding diaryl/α,β-unsaturated/α-hetero) is 1. The summed E-state index contributed by atoms with van der Waals surface area (Å²) >= 11 is 0. The normalized spacial score (nSPS) is 20.7. The molecular formula is C48H60N6O4. The number of nitrogens with zero attached hydrogens (tertiary/aromatic N) is 4. The van der Waals surface area contributed by atoms with E-state index in [4.69, 9.17) is 9.98 Å². The third-order valence-electron chi connectivity index (χ3n) is 11.8. The number of allylic oxidation sites excluding steroid dienone is 1. The Morgan fingerprint density at radius 3 is 1.88 bits per heavy atom. The van der Waals surface area contributed by atoms with Crippen molar-refractivity contribution in [1.29, 1.82) is 0 Å². The van der Waals surface area contributed by atoms with Gasteiger partial charge in [0, 0.05) is 61.8 Å². The van der Waals surface area contributed by atoms with Gasteiger partial charge in [-0.2, -0.15) is 0 Å². The van der Waals surface area contributed by atoms with Gasteiger partial charge in [0.05, 0.1) is 24.0 Å². The van der Waals surface area contributed by atoms with Crippen molar-refractivity contribution in [2.24, 2.45) is 33.6 Å². The summed E-state index contributed by atoms with van der Waals surface area (Å²) in [6, 6.07) is 15.4. The van der Waals surface area contributed by atoms with Crippen LogP contribution in [-0.2, 0) is 19.2 Å². The molecule has 10 heteroatoms. The number of likely N-dealkylation sites (tertiary alicyclic amines) is 2. The average Bonchev–Trinajstić information content (AvgIpc) is 3.96. The number of H-pyrrole nitrogens is 1. The molecule has 3 aliphatic heterocycles. The summed E-state index contributed by atoms with van der Waals surface area (Å²) in [7, 11) is 0. The Bertz CT molecular complexity index is 2160. The summed E-state index contributed by atoms with van der Waals surface area (Å²) in [5.41, 5.74) is 6.72. The minimum atomic E-state index is -0.591. The van der Waals surface area contributed by atoms with E-state index in [0.717, 1.165) is 57.9 Å². The number of benzene rings is 2. The van der Waals surface area contributed by atoms with Crippen molar-refractivity contribution >= 4 is 34.8 Å². The molecule has 4 atom stereocenters. The topological polar surface area (TPSA) is 128 Å². The molecule has 0 aliphatic carbocycles. The number of aliphatic imine (C=N–C) groups is 1. The maximum Gasteiger partial charge on any atom is 0.246 e. The third-order valence-corrected chi connectivity index (χ3v) is 11.8. The van der Waals surface area contributed by atoms with Crippen LogP contribution in [0.1, 0.15) is 123 Å². The molecular weight excluding hydrogens is 725 g/mol. The average molecular weight is 785 g/mol. The molecule has 4 heterocycles. The predicted molar refractivity (Wildman–Crippen MR) is 229 cm³/mol. The minimum Gasteiger partial charge on any atom is -0.344 e. The second-order valence-corrected chi connectivity index (χ2v) is 18.9. The Balaban J connectivity index is 1.08. The molecule has 10 nitrogen and oxygen atoms in total. The first-order valence-corrected chi connectivity index (χ1v) is 20.7. The number of aromatic nitrogens is 2. The van der Waals surface area contributed by atoms with Crippen LogP contribution in [0.2, 0.25) is 0 Å². The van der Waals surface area contributed by atoms with E-state index in [9.17, 15) is 19.2 Å². The van der Waals surface area contributed by atoms with Gasteiger partial charge in [0.15, 0.2) is 0 Å². The fraction of sp³-hybridized carbons (Fsp3) is 0.500. The maximum absolute atomic E-state index is 13.8. The summed E-state index contributed by atoms with van der Waals surface area (Å²) in [5.74, 6) is 6.86. The maximum atomic E-state index is 13.8. The molecule has 6 rings (SSSR count). The van der Waals surface area contributed by atoms with Crippen LogP contribution in [0.3, 0.4) is 0 Å². The molecule has 3 amide bonds. The molecule has 2 N–H and O–H groups in total. The standard InChI is InChI=1S/C48H60N6O4/c1-29(2)38(21-31(5)55)45(57)53-27-47(7,8)23-41(53)39-22-37(25-49-39)35-17-13-33(14-18-35)11-12-34-15-19-36(20-16-34)40-26-50-44(52-40)42-24-48(9,10)28-54(42)46(58)43(30(3)4)51-32(6)56/h13-20,25-26,29-30,38,41-43H,21-24,27-28H2,1-10H3,(H,50,52)(H,51,56)/t38-,41-,42-,43-/m0/s1. The summed E-state index contributed by atoms with van der Waals surface area (Å²) in [6.45, 7) is 20.9. The molecule has 0 spiro atoms. The number of imidazole rings is 1. The van der Waals surface area contributed by atoms with Gasteiger partial charge in [-0.1, -0.05) is 91.5 Å². The number of amides is 3. The van der Waals surface area contributed by atoms with E-state index in [-0.39, 0.29) is 70.6 Å². The smallest absolute Gasteiger partial charge is 0.246 e. The molecule has 2 aromatic carbocycles. The number of aromatic amines is 1. The Labute approximate surface area is 344 Å². The summed E-state index contributed by atoms with van der Waals surface area (Å²) in [4.78, 5) is 68.4. The van der Waals surface area contributed by atoms with E-state index in [1.807, 2.05) is 86.3 Å². The number of hydrogen-bond acceptors (Lipinski definition) is 6. The highest BCUT2D eigenvalue weighted by Crippen LogP contribution is 2.43. The monoisotopic (exact) mass is 784 g/mol. The molecule has 306 valence electrons. The molecule has 2 saturated heterocycles. The molecule has 2 fully saturated rings. The predicted octanol–water partition coefficient (Wildman–Crippen LogP) is 8.00. The Kier molecular flexibility index (Phi) is 12.3. The Morgan fingerprint density at radius 1 is 0.793 bits per heavy atom. The fourth-order valence-electron chi connectivity index (χ4n) is 8.71. The first-order chi connectivity index (χ1) is 27.3. The van der Waals surface area contributed by atoms with Gasteiger partial charge in [0.1, 0.15) is 17.6 Å². The SMILES string of the molecule is CC(=O)C[C@H](C(=O)N1CC(C)(C)C[C@H]1C1=NC=C(c2ccc(C#Cc3ccc(-c4cnc([C@@H]5CC(C)(C)CN5C(=O)[C@@H](NC(C)=O)C(C)C)[nH]4)cc3)cc2)C1)C(C)C. The fourth-order valence-corrected chi connectivity index (χ4v) is 8.71. The highest BCUT2D eigenvalue weighted by Gasteiger charge is 2.46. The molecule has 0 bridgehead atoms. The molecule has 1 aromatic heterocycles. The van der Waals surface area contributed by atoms with Gasteiger partial charge in [-0.25, -0.2) is 4.98 Å². The first kappa shape index (κ1) is 42.3.